The van der Waals surface area contributed by atoms with Crippen LogP contribution in [0.1, 0.15) is 35.4 Å². The largest absolute Gasteiger partial charge is 0.497 e. The van der Waals surface area contributed by atoms with Gasteiger partial charge in [-0.05, 0) is 31.2 Å². The van der Waals surface area contributed by atoms with Crippen LogP contribution < -0.4 is 14.8 Å². The number of esters is 1. The van der Waals surface area contributed by atoms with E-state index in [-0.39, 0.29) is 17.6 Å². The summed E-state index contributed by atoms with van der Waals surface area (Å²) < 4.78 is 16.2. The van der Waals surface area contributed by atoms with E-state index < -0.39 is 12.1 Å². The van der Waals surface area contributed by atoms with Gasteiger partial charge in [-0.3, -0.25) is 4.79 Å². The molecule has 2 atom stereocenters. The van der Waals surface area contributed by atoms with Crippen molar-refractivity contribution in [1.82, 2.24) is 10.3 Å². The van der Waals surface area contributed by atoms with Gasteiger partial charge in [0.15, 0.2) is 6.10 Å². The number of amides is 1. The fourth-order valence-electron chi connectivity index (χ4n) is 3.40. The molecule has 7 heteroatoms. The van der Waals surface area contributed by atoms with Crippen molar-refractivity contribution >= 4 is 22.8 Å². The minimum atomic E-state index is -0.932. The zero-order valence-corrected chi connectivity index (χ0v) is 16.2. The van der Waals surface area contributed by atoms with Crippen molar-refractivity contribution in [3.63, 3.8) is 0 Å². The highest BCUT2D eigenvalue weighted by Crippen LogP contribution is 2.31. The summed E-state index contributed by atoms with van der Waals surface area (Å²) in [6.07, 6.45) is -0.272. The predicted molar refractivity (Wildman–Crippen MR) is 107 cm³/mol. The van der Waals surface area contributed by atoms with Gasteiger partial charge < -0.3 is 24.5 Å². The van der Waals surface area contributed by atoms with Crippen LogP contribution >= 0.6 is 0 Å². The molecule has 1 amide bonds. The molecule has 3 aromatic rings. The lowest BCUT2D eigenvalue weighted by molar-refractivity contribution is -0.130. The van der Waals surface area contributed by atoms with Crippen molar-refractivity contribution in [2.24, 2.45) is 0 Å². The van der Waals surface area contributed by atoms with E-state index in [2.05, 4.69) is 10.3 Å². The maximum atomic E-state index is 12.6. The normalized spacial score (nSPS) is 16.4. The lowest BCUT2D eigenvalue weighted by Crippen LogP contribution is -2.39. The van der Waals surface area contributed by atoms with Crippen LogP contribution in [0.25, 0.3) is 10.9 Å². The maximum Gasteiger partial charge on any atom is 0.355 e. The van der Waals surface area contributed by atoms with Gasteiger partial charge >= 0.3 is 5.97 Å². The van der Waals surface area contributed by atoms with E-state index in [0.717, 1.165) is 22.2 Å². The Morgan fingerprint density at radius 2 is 2.03 bits per heavy atom. The van der Waals surface area contributed by atoms with Crippen molar-refractivity contribution in [2.75, 3.05) is 13.7 Å². The smallest absolute Gasteiger partial charge is 0.355 e. The average Bonchev–Trinajstić information content (AvgIpc) is 3.17. The summed E-state index contributed by atoms with van der Waals surface area (Å²) in [5.41, 5.74) is 1.96. The highest BCUT2D eigenvalue weighted by atomic mass is 16.5. The molecule has 1 aromatic heterocycles. The third-order valence-electron chi connectivity index (χ3n) is 4.98. The van der Waals surface area contributed by atoms with Crippen LogP contribution in [0, 0.1) is 0 Å². The van der Waals surface area contributed by atoms with E-state index in [9.17, 15) is 9.59 Å². The molecule has 0 fully saturated rings. The number of H-pyrrole nitrogens is 1. The van der Waals surface area contributed by atoms with E-state index >= 15 is 0 Å². The molecule has 1 aliphatic heterocycles. The van der Waals surface area contributed by atoms with Crippen molar-refractivity contribution in [2.45, 2.75) is 25.5 Å². The molecule has 0 saturated carbocycles. The number of ether oxygens (including phenoxy) is 3. The van der Waals surface area contributed by atoms with Crippen molar-refractivity contribution < 1.29 is 23.8 Å². The molecule has 0 aliphatic carbocycles. The van der Waals surface area contributed by atoms with Crippen LogP contribution in [-0.2, 0) is 9.53 Å². The van der Waals surface area contributed by atoms with Crippen LogP contribution in [0.4, 0.5) is 0 Å². The Labute approximate surface area is 168 Å². The van der Waals surface area contributed by atoms with Gasteiger partial charge in [0.1, 0.15) is 17.2 Å². The molecule has 2 unspecified atom stereocenters. The molecular weight excluding hydrogens is 372 g/mol. The summed E-state index contributed by atoms with van der Waals surface area (Å²) in [5, 5.41) is 3.81. The lowest BCUT2D eigenvalue weighted by Gasteiger charge is -2.27. The van der Waals surface area contributed by atoms with E-state index in [1.807, 2.05) is 36.4 Å². The number of nitrogens with one attached hydrogen (secondary N) is 2. The topological polar surface area (TPSA) is 89.7 Å². The molecule has 150 valence electrons. The van der Waals surface area contributed by atoms with Gasteiger partial charge in [-0.2, -0.15) is 0 Å². The Morgan fingerprint density at radius 3 is 2.86 bits per heavy atom. The second-order valence-electron chi connectivity index (χ2n) is 6.92. The molecule has 0 bridgehead atoms. The number of benzene rings is 2. The Kier molecular flexibility index (Phi) is 5.12. The van der Waals surface area contributed by atoms with Gasteiger partial charge in [-0.1, -0.05) is 18.2 Å². The van der Waals surface area contributed by atoms with Crippen molar-refractivity contribution in [3.8, 4) is 11.5 Å². The Morgan fingerprint density at radius 1 is 1.21 bits per heavy atom. The van der Waals surface area contributed by atoms with Gasteiger partial charge in [0, 0.05) is 29.0 Å². The van der Waals surface area contributed by atoms with Crippen LogP contribution in [-0.4, -0.2) is 36.7 Å². The van der Waals surface area contributed by atoms with E-state index in [4.69, 9.17) is 14.2 Å². The molecule has 2 N–H and O–H groups in total. The summed E-state index contributed by atoms with van der Waals surface area (Å²) in [7, 11) is 1.58. The molecule has 2 heterocycles. The number of carbonyl (C=O) groups is 2. The molecule has 1 aliphatic rings. The summed E-state index contributed by atoms with van der Waals surface area (Å²) in [5.74, 6) is 0.513. The number of hydrogen-bond acceptors (Lipinski definition) is 5. The first-order valence-corrected chi connectivity index (χ1v) is 9.45. The SMILES string of the molecule is COc1ccc2cc(C(=O)OC(C)C(=O)NC3CCOc4ccccc43)[nH]c2c1. The van der Waals surface area contributed by atoms with E-state index in [1.165, 1.54) is 0 Å². The average molecular weight is 394 g/mol. The lowest BCUT2D eigenvalue weighted by atomic mass is 10.0. The minimum Gasteiger partial charge on any atom is -0.497 e. The van der Waals surface area contributed by atoms with Gasteiger partial charge in [-0.15, -0.1) is 0 Å². The first-order valence-electron chi connectivity index (χ1n) is 9.45. The number of rotatable bonds is 5. The summed E-state index contributed by atoms with van der Waals surface area (Å²) in [6, 6.07) is 14.6. The highest BCUT2D eigenvalue weighted by Gasteiger charge is 2.26. The molecular formula is C22H22N2O5. The zero-order chi connectivity index (χ0) is 20.4. The molecule has 2 aromatic carbocycles. The Bertz CT molecular complexity index is 1060. The van der Waals surface area contributed by atoms with Gasteiger partial charge in [0.25, 0.3) is 5.91 Å². The molecule has 0 radical (unpaired) electrons. The van der Waals surface area contributed by atoms with Crippen molar-refractivity contribution in [3.05, 3.63) is 59.8 Å². The monoisotopic (exact) mass is 394 g/mol. The van der Waals surface area contributed by atoms with Crippen molar-refractivity contribution in [1.29, 1.82) is 0 Å². The third kappa shape index (κ3) is 3.89. The van der Waals surface area contributed by atoms with E-state index in [0.29, 0.717) is 18.8 Å². The number of fused-ring (bicyclic) bond motifs is 2. The zero-order valence-electron chi connectivity index (χ0n) is 16.2. The van der Waals surface area contributed by atoms with Gasteiger partial charge in [0.05, 0.1) is 19.8 Å². The third-order valence-corrected chi connectivity index (χ3v) is 4.98. The minimum absolute atomic E-state index is 0.172. The van der Waals surface area contributed by atoms with Crippen LogP contribution in [0.3, 0.4) is 0 Å². The quantitative estimate of drug-likeness (QED) is 0.648. The summed E-state index contributed by atoms with van der Waals surface area (Å²) >= 11 is 0. The van der Waals surface area contributed by atoms with Crippen LogP contribution in [0.15, 0.2) is 48.5 Å². The first kappa shape index (κ1) is 18.9. The molecule has 7 nitrogen and oxygen atoms in total. The Balaban J connectivity index is 1.42. The second kappa shape index (κ2) is 7.87. The number of carbonyl (C=O) groups excluding carboxylic acids is 2. The molecule has 0 saturated heterocycles. The molecule has 29 heavy (non-hydrogen) atoms. The highest BCUT2D eigenvalue weighted by molar-refractivity contribution is 5.96. The molecule has 0 spiro atoms. The molecule has 4 rings (SSSR count). The number of methoxy groups -OCH3 is 1. The number of para-hydroxylation sites is 1. The number of hydrogen-bond donors (Lipinski definition) is 2. The van der Waals surface area contributed by atoms with Gasteiger partial charge in [0.2, 0.25) is 0 Å². The van der Waals surface area contributed by atoms with Crippen LogP contribution in [0.2, 0.25) is 0 Å². The summed E-state index contributed by atoms with van der Waals surface area (Å²) in [6.45, 7) is 2.08. The van der Waals surface area contributed by atoms with Crippen LogP contribution in [0.5, 0.6) is 11.5 Å². The fourth-order valence-corrected chi connectivity index (χ4v) is 3.40. The standard InChI is InChI=1S/C22H22N2O5/c1-13(21(25)24-17-9-10-28-20-6-4-3-5-16(17)20)29-22(26)19-11-14-7-8-15(27-2)12-18(14)23-19/h3-8,11-13,17,23H,9-10H2,1-2H3,(H,24,25). The predicted octanol–water partition coefficient (Wildman–Crippen LogP) is 3.36. The number of aromatic nitrogens is 1. The van der Waals surface area contributed by atoms with Gasteiger partial charge in [-0.25, -0.2) is 4.79 Å². The second-order valence-corrected chi connectivity index (χ2v) is 6.92. The number of aromatic amines is 1. The summed E-state index contributed by atoms with van der Waals surface area (Å²) in [4.78, 5) is 28.1. The fraction of sp³-hybridized carbons (Fsp3) is 0.273. The maximum absolute atomic E-state index is 12.6. The first-order chi connectivity index (χ1) is 14.0. The Hall–Kier alpha value is -3.48. The van der Waals surface area contributed by atoms with E-state index in [1.54, 1.807) is 26.2 Å².